The second kappa shape index (κ2) is 6.44. The fourth-order valence-corrected chi connectivity index (χ4v) is 3.48. The maximum atomic E-state index is 9.99. The monoisotopic (exact) mass is 408 g/mol. The lowest BCUT2D eigenvalue weighted by Crippen LogP contribution is -2.30. The third kappa shape index (κ3) is 2.84. The summed E-state index contributed by atoms with van der Waals surface area (Å²) < 4.78 is 0. The number of benzene rings is 2. The van der Waals surface area contributed by atoms with Crippen molar-refractivity contribution in [1.29, 1.82) is 0 Å². The molecule has 136 valence electrons. The van der Waals surface area contributed by atoms with E-state index in [0.29, 0.717) is 0 Å². The Morgan fingerprint density at radius 3 is 1.32 bits per heavy atom. The van der Waals surface area contributed by atoms with Gasteiger partial charge in [0.15, 0.2) is 23.0 Å². The molecule has 2 aromatic rings. The van der Waals surface area contributed by atoms with Crippen LogP contribution in [-0.4, -0.2) is 35.5 Å². The van der Waals surface area contributed by atoms with E-state index in [1.807, 2.05) is 0 Å². The van der Waals surface area contributed by atoms with Crippen LogP contribution < -0.4 is 0 Å². The predicted molar refractivity (Wildman–Crippen MR) is 94.5 cm³/mol. The minimum absolute atomic E-state index is 0.0320. The zero-order chi connectivity index (χ0) is 19.3. The zero-order valence-electron chi connectivity index (χ0n) is 13.0. The van der Waals surface area contributed by atoms with E-state index in [2.05, 4.69) is 0 Å². The summed E-state index contributed by atoms with van der Waals surface area (Å²) in [7, 11) is 0. The number of aromatic hydroxyl groups is 6. The van der Waals surface area contributed by atoms with Crippen molar-refractivity contribution < 1.29 is 30.6 Å². The summed E-state index contributed by atoms with van der Waals surface area (Å²) in [5.74, 6) is -4.06. The second-order valence-corrected chi connectivity index (χ2v) is 7.24. The molecule has 9 heteroatoms. The van der Waals surface area contributed by atoms with Gasteiger partial charge >= 0.3 is 0 Å². The molecule has 25 heavy (non-hydrogen) atoms. The molecule has 6 N–H and O–H groups in total. The zero-order valence-corrected chi connectivity index (χ0v) is 15.3. The minimum Gasteiger partial charge on any atom is -0.504 e. The third-order valence-electron chi connectivity index (χ3n) is 4.10. The van der Waals surface area contributed by atoms with Gasteiger partial charge in [-0.2, -0.15) is 0 Å². The van der Waals surface area contributed by atoms with Gasteiger partial charge in [0.25, 0.3) is 0 Å². The summed E-state index contributed by atoms with van der Waals surface area (Å²) in [6.45, 7) is 2.82. The van der Waals surface area contributed by atoms with E-state index < -0.39 is 44.2 Å². The molecule has 0 saturated heterocycles. The van der Waals surface area contributed by atoms with Gasteiger partial charge in [0.2, 0.25) is 11.5 Å². The van der Waals surface area contributed by atoms with Crippen molar-refractivity contribution in [3.63, 3.8) is 0 Å². The van der Waals surface area contributed by atoms with Gasteiger partial charge in [-0.05, 0) is 37.1 Å². The molecule has 0 aliphatic rings. The van der Waals surface area contributed by atoms with E-state index in [0.717, 1.165) is 12.1 Å². The van der Waals surface area contributed by atoms with Gasteiger partial charge in [0.1, 0.15) is 9.71 Å². The van der Waals surface area contributed by atoms with Crippen molar-refractivity contribution in [2.75, 3.05) is 0 Å². The fraction of sp³-hybridized carbons (Fsp3) is 0.250. The normalized spacial score (nSPS) is 11.9. The van der Waals surface area contributed by atoms with E-state index in [9.17, 15) is 30.6 Å². The number of phenols is 6. The van der Waals surface area contributed by atoms with Crippen LogP contribution in [0.5, 0.6) is 34.5 Å². The summed E-state index contributed by atoms with van der Waals surface area (Å²) in [6, 6.07) is 2.13. The van der Waals surface area contributed by atoms with Crippen molar-refractivity contribution in [1.82, 2.24) is 0 Å². The van der Waals surface area contributed by atoms with Crippen LogP contribution in [0, 0.1) is 13.8 Å². The average molecular weight is 410 g/mol. The Labute approximate surface area is 158 Å². The average Bonchev–Trinajstić information content (AvgIpc) is 2.56. The topological polar surface area (TPSA) is 121 Å². The van der Waals surface area contributed by atoms with E-state index >= 15 is 0 Å². The summed E-state index contributed by atoms with van der Waals surface area (Å²) in [5.41, 5.74) is 0.209. The summed E-state index contributed by atoms with van der Waals surface area (Å²) in [6.07, 6.45) is 0. The Balaban J connectivity index is 2.92. The molecule has 2 rings (SSSR count). The Kier molecular flexibility index (Phi) is 5.01. The molecule has 0 radical (unpaired) electrons. The first kappa shape index (κ1) is 19.4. The Morgan fingerprint density at radius 1 is 0.720 bits per heavy atom. The van der Waals surface area contributed by atoms with E-state index in [1.54, 1.807) is 0 Å². The van der Waals surface area contributed by atoms with Crippen LogP contribution in [-0.2, 0) is 4.87 Å². The molecule has 0 amide bonds. The van der Waals surface area contributed by atoms with E-state index in [-0.39, 0.29) is 22.3 Å². The van der Waals surface area contributed by atoms with Crippen LogP contribution in [0.3, 0.4) is 0 Å². The quantitative estimate of drug-likeness (QED) is 0.338. The number of halogens is 3. The molecule has 0 heterocycles. The number of phenolic OH excluding ortho intramolecular Hbond substituents is 6. The highest BCUT2D eigenvalue weighted by molar-refractivity contribution is 6.50. The van der Waals surface area contributed by atoms with Crippen LogP contribution in [0.2, 0.25) is 0 Å². The molecule has 0 aliphatic heterocycles. The lowest BCUT2D eigenvalue weighted by atomic mass is 9.85. The minimum atomic E-state index is -1.84. The summed E-state index contributed by atoms with van der Waals surface area (Å²) in [5, 5.41) is 58.9. The first-order valence-electron chi connectivity index (χ1n) is 6.91. The molecule has 2 aromatic carbocycles. The smallest absolute Gasteiger partial charge is 0.200 e. The van der Waals surface area contributed by atoms with Crippen molar-refractivity contribution >= 4 is 34.8 Å². The second-order valence-electron chi connectivity index (χ2n) is 5.54. The van der Waals surface area contributed by atoms with Gasteiger partial charge < -0.3 is 30.6 Å². The number of rotatable bonds is 3. The van der Waals surface area contributed by atoms with Crippen LogP contribution >= 0.6 is 34.8 Å². The molecular weight excluding hydrogens is 395 g/mol. The van der Waals surface area contributed by atoms with E-state index in [4.69, 9.17) is 34.8 Å². The van der Waals surface area contributed by atoms with Gasteiger partial charge in [0.05, 0.1) is 0 Å². The van der Waals surface area contributed by atoms with Crippen molar-refractivity contribution in [3.05, 3.63) is 34.4 Å². The number of hydrogen-bond acceptors (Lipinski definition) is 6. The lowest BCUT2D eigenvalue weighted by molar-refractivity contribution is 0.362. The highest BCUT2D eigenvalue weighted by Crippen LogP contribution is 2.54. The summed E-state index contributed by atoms with van der Waals surface area (Å²) in [4.78, 5) is -3.22. The van der Waals surface area contributed by atoms with Crippen molar-refractivity contribution in [3.8, 4) is 34.5 Å². The fourth-order valence-electron chi connectivity index (χ4n) is 2.62. The first-order chi connectivity index (χ1) is 11.4. The first-order valence-corrected chi connectivity index (χ1v) is 8.16. The van der Waals surface area contributed by atoms with Gasteiger partial charge in [-0.25, -0.2) is 0 Å². The maximum Gasteiger partial charge on any atom is 0.200 e. The molecule has 0 unspecified atom stereocenters. The molecule has 0 fully saturated rings. The number of hydrogen-bond donors (Lipinski definition) is 6. The van der Waals surface area contributed by atoms with Crippen LogP contribution in [0.4, 0.5) is 0 Å². The number of alkyl halides is 3. The highest BCUT2D eigenvalue weighted by atomic mass is 35.5. The molecule has 0 bridgehead atoms. The Hall–Kier alpha value is -1.89. The van der Waals surface area contributed by atoms with Crippen LogP contribution in [0.1, 0.15) is 22.3 Å². The Bertz CT molecular complexity index is 787. The summed E-state index contributed by atoms with van der Waals surface area (Å²) >= 11 is 18.8. The van der Waals surface area contributed by atoms with Gasteiger partial charge in [-0.1, -0.05) is 0 Å². The van der Waals surface area contributed by atoms with Gasteiger partial charge in [0, 0.05) is 11.1 Å². The molecule has 0 atom stereocenters. The maximum absolute atomic E-state index is 9.99. The lowest BCUT2D eigenvalue weighted by Gasteiger charge is -2.33. The molecule has 6 nitrogen and oxygen atoms in total. The van der Waals surface area contributed by atoms with Crippen LogP contribution in [0.15, 0.2) is 12.1 Å². The molecular formula is C16H15Cl3O6. The molecule has 0 aromatic heterocycles. The van der Waals surface area contributed by atoms with Crippen LogP contribution in [0.25, 0.3) is 0 Å². The van der Waals surface area contributed by atoms with Gasteiger partial charge in [-0.15, -0.1) is 34.8 Å². The highest BCUT2D eigenvalue weighted by Gasteiger charge is 2.43. The van der Waals surface area contributed by atoms with Crippen molar-refractivity contribution in [2.24, 2.45) is 0 Å². The third-order valence-corrected chi connectivity index (χ3v) is 5.60. The molecule has 0 saturated carbocycles. The molecule has 0 spiro atoms. The SMILES string of the molecule is Cc1c(C(Cl)(c2cc(O)c(O)c(O)c2C)C(Cl)Cl)cc(O)c(O)c1O. The van der Waals surface area contributed by atoms with E-state index in [1.165, 1.54) is 13.8 Å². The largest absolute Gasteiger partial charge is 0.504 e. The van der Waals surface area contributed by atoms with Gasteiger partial charge in [-0.3, -0.25) is 0 Å². The Morgan fingerprint density at radius 2 is 1.04 bits per heavy atom. The standard InChI is InChI=1S/C16H15Cl3O6/c1-5-7(3-9(20)13(24)11(5)22)16(19,15(17)18)8-4-10(21)14(25)12(23)6(8)2/h3-4,15,20-25H,1-2H3. The predicted octanol–water partition coefficient (Wildman–Crippen LogP) is 3.82. The van der Waals surface area contributed by atoms with Crippen molar-refractivity contribution in [2.45, 2.75) is 23.6 Å². The molecule has 0 aliphatic carbocycles.